The fourth-order valence-corrected chi connectivity index (χ4v) is 4.46. The Bertz CT molecular complexity index is 1520. The number of hydrogen-bond donors (Lipinski definition) is 0. The zero-order chi connectivity index (χ0) is 18.7. The summed E-state index contributed by atoms with van der Waals surface area (Å²) in [5.74, 6) is 0. The molecule has 6 rings (SSSR count). The van der Waals surface area contributed by atoms with Gasteiger partial charge in [-0.15, -0.1) is 0 Å². The largest absolute Gasteiger partial charge is 0.456 e. The Balaban J connectivity index is 1.77. The molecule has 0 atom stereocenters. The summed E-state index contributed by atoms with van der Waals surface area (Å²) in [4.78, 5) is 0. The molecule has 0 radical (unpaired) electrons. The number of fused-ring (bicyclic) bond motifs is 5. The van der Waals surface area contributed by atoms with Crippen molar-refractivity contribution in [3.8, 4) is 11.1 Å². The van der Waals surface area contributed by atoms with Crippen molar-refractivity contribution in [3.05, 3.63) is 96.0 Å². The van der Waals surface area contributed by atoms with Gasteiger partial charge in [-0.05, 0) is 51.6 Å². The van der Waals surface area contributed by atoms with Gasteiger partial charge in [0.25, 0.3) is 0 Å². The zero-order valence-corrected chi connectivity index (χ0v) is 15.7. The summed E-state index contributed by atoms with van der Waals surface area (Å²) in [6.45, 7) is 0. The normalized spacial score (nSPS) is 11.8. The van der Waals surface area contributed by atoms with Crippen molar-refractivity contribution in [1.29, 1.82) is 0 Å². The molecule has 5 aromatic carbocycles. The van der Waals surface area contributed by atoms with E-state index in [1.165, 1.54) is 21.9 Å². The highest BCUT2D eigenvalue weighted by Crippen LogP contribution is 2.41. The second-order valence-electron chi connectivity index (χ2n) is 7.12. The summed E-state index contributed by atoms with van der Waals surface area (Å²) in [5, 5.41) is 7.68. The van der Waals surface area contributed by atoms with Crippen LogP contribution < -0.4 is 0 Å². The SMILES string of the molecule is Clc1ccc(-c2cccc3oc4cc5ccccc5cc4c23)c2ccccc12. The second-order valence-corrected chi connectivity index (χ2v) is 7.52. The van der Waals surface area contributed by atoms with Gasteiger partial charge in [-0.3, -0.25) is 0 Å². The van der Waals surface area contributed by atoms with Crippen LogP contribution in [0.2, 0.25) is 5.02 Å². The zero-order valence-electron chi connectivity index (χ0n) is 14.9. The van der Waals surface area contributed by atoms with Gasteiger partial charge in [-0.25, -0.2) is 0 Å². The van der Waals surface area contributed by atoms with Crippen LogP contribution in [-0.2, 0) is 0 Å². The van der Waals surface area contributed by atoms with E-state index in [9.17, 15) is 0 Å². The van der Waals surface area contributed by atoms with Crippen LogP contribution in [0.1, 0.15) is 0 Å². The molecule has 1 aromatic heterocycles. The van der Waals surface area contributed by atoms with E-state index in [-0.39, 0.29) is 0 Å². The summed E-state index contributed by atoms with van der Waals surface area (Å²) in [5.41, 5.74) is 4.15. The van der Waals surface area contributed by atoms with E-state index in [1.807, 2.05) is 18.2 Å². The van der Waals surface area contributed by atoms with Gasteiger partial charge in [0.2, 0.25) is 0 Å². The first-order valence-electron chi connectivity index (χ1n) is 9.31. The van der Waals surface area contributed by atoms with Crippen molar-refractivity contribution in [2.24, 2.45) is 0 Å². The third-order valence-corrected chi connectivity index (χ3v) is 5.85. The van der Waals surface area contributed by atoms with Crippen molar-refractivity contribution in [2.75, 3.05) is 0 Å². The van der Waals surface area contributed by atoms with Gasteiger partial charge in [0.1, 0.15) is 11.2 Å². The first kappa shape index (κ1) is 15.7. The van der Waals surface area contributed by atoms with Gasteiger partial charge in [0, 0.05) is 21.2 Å². The maximum absolute atomic E-state index is 6.46. The Morgan fingerprint density at radius 2 is 1.29 bits per heavy atom. The molecule has 0 bridgehead atoms. The van der Waals surface area contributed by atoms with E-state index < -0.39 is 0 Å². The third-order valence-electron chi connectivity index (χ3n) is 5.52. The highest BCUT2D eigenvalue weighted by atomic mass is 35.5. The summed E-state index contributed by atoms with van der Waals surface area (Å²) in [6, 6.07) is 31.4. The molecule has 2 heteroatoms. The van der Waals surface area contributed by atoms with Crippen molar-refractivity contribution in [1.82, 2.24) is 0 Å². The van der Waals surface area contributed by atoms with Crippen LogP contribution >= 0.6 is 11.6 Å². The Morgan fingerprint density at radius 3 is 2.14 bits per heavy atom. The maximum Gasteiger partial charge on any atom is 0.136 e. The summed E-state index contributed by atoms with van der Waals surface area (Å²) in [7, 11) is 0. The van der Waals surface area contributed by atoms with Crippen LogP contribution in [0.4, 0.5) is 0 Å². The smallest absolute Gasteiger partial charge is 0.136 e. The van der Waals surface area contributed by atoms with Crippen LogP contribution in [0, 0.1) is 0 Å². The van der Waals surface area contributed by atoms with Gasteiger partial charge in [-0.1, -0.05) is 78.3 Å². The fraction of sp³-hybridized carbons (Fsp3) is 0. The highest BCUT2D eigenvalue weighted by molar-refractivity contribution is 6.36. The van der Waals surface area contributed by atoms with Crippen LogP contribution in [0.25, 0.3) is 54.6 Å². The summed E-state index contributed by atoms with van der Waals surface area (Å²) >= 11 is 6.46. The van der Waals surface area contributed by atoms with Gasteiger partial charge < -0.3 is 4.42 Å². The summed E-state index contributed by atoms with van der Waals surface area (Å²) < 4.78 is 6.23. The van der Waals surface area contributed by atoms with Crippen molar-refractivity contribution < 1.29 is 4.42 Å². The average molecular weight is 379 g/mol. The van der Waals surface area contributed by atoms with Crippen molar-refractivity contribution >= 4 is 55.1 Å². The van der Waals surface area contributed by atoms with E-state index in [2.05, 4.69) is 72.8 Å². The van der Waals surface area contributed by atoms with Crippen molar-refractivity contribution in [3.63, 3.8) is 0 Å². The molecule has 0 amide bonds. The first-order valence-corrected chi connectivity index (χ1v) is 9.69. The molecular formula is C26H15ClO. The lowest BCUT2D eigenvalue weighted by molar-refractivity contribution is 0.669. The molecule has 132 valence electrons. The Kier molecular flexibility index (Phi) is 3.29. The number of furan rings is 1. The minimum Gasteiger partial charge on any atom is -0.456 e. The Labute approximate surface area is 166 Å². The average Bonchev–Trinajstić information content (AvgIpc) is 3.10. The fourth-order valence-electron chi connectivity index (χ4n) is 4.23. The second kappa shape index (κ2) is 5.85. The van der Waals surface area contributed by atoms with E-state index >= 15 is 0 Å². The van der Waals surface area contributed by atoms with Crippen LogP contribution in [-0.4, -0.2) is 0 Å². The molecule has 28 heavy (non-hydrogen) atoms. The number of rotatable bonds is 1. The lowest BCUT2D eigenvalue weighted by Gasteiger charge is -2.10. The molecule has 6 aromatic rings. The first-order chi connectivity index (χ1) is 13.8. The van der Waals surface area contributed by atoms with Gasteiger partial charge in [0.05, 0.1) is 0 Å². The molecule has 0 spiro atoms. The monoisotopic (exact) mass is 378 g/mol. The van der Waals surface area contributed by atoms with E-state index in [1.54, 1.807) is 0 Å². The maximum atomic E-state index is 6.46. The third kappa shape index (κ3) is 2.20. The van der Waals surface area contributed by atoms with Crippen molar-refractivity contribution in [2.45, 2.75) is 0 Å². The topological polar surface area (TPSA) is 13.1 Å². The van der Waals surface area contributed by atoms with Gasteiger partial charge in [0.15, 0.2) is 0 Å². The minimum absolute atomic E-state index is 0.773. The predicted octanol–water partition coefficient (Wildman–Crippen LogP) is 8.21. The Hall–Kier alpha value is -3.29. The lowest BCUT2D eigenvalue weighted by atomic mass is 9.94. The molecule has 0 aliphatic rings. The molecule has 0 saturated heterocycles. The van der Waals surface area contributed by atoms with E-state index in [0.29, 0.717) is 0 Å². The van der Waals surface area contributed by atoms with Gasteiger partial charge in [-0.2, -0.15) is 0 Å². The number of benzene rings is 5. The molecule has 0 unspecified atom stereocenters. The van der Waals surface area contributed by atoms with E-state index in [0.717, 1.165) is 37.7 Å². The molecule has 0 N–H and O–H groups in total. The van der Waals surface area contributed by atoms with Crippen LogP contribution in [0.15, 0.2) is 95.4 Å². The van der Waals surface area contributed by atoms with Crippen LogP contribution in [0.3, 0.4) is 0 Å². The van der Waals surface area contributed by atoms with Gasteiger partial charge >= 0.3 is 0 Å². The molecule has 1 heterocycles. The molecular weight excluding hydrogens is 364 g/mol. The minimum atomic E-state index is 0.773. The lowest BCUT2D eigenvalue weighted by Crippen LogP contribution is -1.84. The quantitative estimate of drug-likeness (QED) is 0.281. The molecule has 0 fully saturated rings. The Morgan fingerprint density at radius 1 is 0.536 bits per heavy atom. The molecule has 0 aliphatic carbocycles. The standard InChI is InChI=1S/C26H15ClO/c27-23-13-12-19(18-8-3-4-9-20(18)23)21-10-5-11-24-26(21)22-14-16-6-1-2-7-17(16)15-25(22)28-24/h1-15H. The number of halogens is 1. The van der Waals surface area contributed by atoms with E-state index in [4.69, 9.17) is 16.0 Å². The van der Waals surface area contributed by atoms with Crippen LogP contribution in [0.5, 0.6) is 0 Å². The molecule has 0 saturated carbocycles. The predicted molar refractivity (Wildman–Crippen MR) is 119 cm³/mol. The summed E-state index contributed by atoms with van der Waals surface area (Å²) in [6.07, 6.45) is 0. The highest BCUT2D eigenvalue weighted by Gasteiger charge is 2.15. The molecule has 1 nitrogen and oxygen atoms in total. The number of hydrogen-bond acceptors (Lipinski definition) is 1. The molecule has 0 aliphatic heterocycles.